The van der Waals surface area contributed by atoms with E-state index < -0.39 is 29.5 Å². The van der Waals surface area contributed by atoms with Crippen molar-refractivity contribution in [3.8, 4) is 11.5 Å². The lowest BCUT2D eigenvalue weighted by molar-refractivity contribution is -0.178. The third-order valence-electron chi connectivity index (χ3n) is 9.23. The maximum atomic E-state index is 14.3. The molecule has 0 saturated carbocycles. The Bertz CT molecular complexity index is 1420. The predicted molar refractivity (Wildman–Crippen MR) is 184 cm³/mol. The molecule has 0 spiro atoms. The van der Waals surface area contributed by atoms with Crippen LogP contribution in [-0.4, -0.2) is 89.1 Å². The Morgan fingerprint density at radius 3 is 2.45 bits per heavy atom. The van der Waals surface area contributed by atoms with E-state index in [0.29, 0.717) is 56.4 Å². The van der Waals surface area contributed by atoms with Crippen molar-refractivity contribution in [2.45, 2.75) is 71.2 Å². The number of likely N-dealkylation sites (tertiary alicyclic amines) is 1. The van der Waals surface area contributed by atoms with Crippen molar-refractivity contribution in [2.75, 3.05) is 54.2 Å². The third kappa shape index (κ3) is 9.61. The Balaban J connectivity index is 1.58. The highest BCUT2D eigenvalue weighted by Gasteiger charge is 2.59. The average Bonchev–Trinajstić information content (AvgIpc) is 3.11. The number of nitrogens with zero attached hydrogens (tertiary/aromatic N) is 1. The highest BCUT2D eigenvalue weighted by Crippen LogP contribution is 2.50. The molecule has 4 rings (SSSR count). The summed E-state index contributed by atoms with van der Waals surface area (Å²) < 4.78 is 34.3. The second-order valence-corrected chi connectivity index (χ2v) is 12.5. The van der Waals surface area contributed by atoms with E-state index in [0.717, 1.165) is 24.0 Å². The summed E-state index contributed by atoms with van der Waals surface area (Å²) in [6.45, 7) is 6.50. The molecule has 2 heterocycles. The zero-order valence-electron chi connectivity index (χ0n) is 29.5. The van der Waals surface area contributed by atoms with Gasteiger partial charge in [0.15, 0.2) is 11.5 Å². The largest absolute Gasteiger partial charge is 0.493 e. The van der Waals surface area contributed by atoms with Crippen molar-refractivity contribution < 1.29 is 42.8 Å². The number of hydrogen-bond donors (Lipinski definition) is 1. The van der Waals surface area contributed by atoms with Crippen LogP contribution in [0, 0.1) is 11.3 Å². The number of piperidine rings is 1. The van der Waals surface area contributed by atoms with Crippen LogP contribution >= 0.6 is 0 Å². The minimum atomic E-state index is -1.30. The molecule has 0 bridgehead atoms. The van der Waals surface area contributed by atoms with Crippen molar-refractivity contribution >= 4 is 17.8 Å². The Morgan fingerprint density at radius 2 is 1.73 bits per heavy atom. The number of methoxy groups -OCH3 is 3. The fraction of sp³-hybridized carbons (Fsp3) is 0.553. The first kappa shape index (κ1) is 37.9. The zero-order chi connectivity index (χ0) is 35.2. The summed E-state index contributed by atoms with van der Waals surface area (Å²) in [7, 11) is 4.49. The lowest BCUT2D eigenvalue weighted by Gasteiger charge is -2.51. The van der Waals surface area contributed by atoms with Crippen LogP contribution in [0.15, 0.2) is 60.3 Å². The molecule has 2 aromatic rings. The molecule has 1 saturated heterocycles. The van der Waals surface area contributed by atoms with Crippen molar-refractivity contribution in [3.05, 3.63) is 71.4 Å². The molecule has 11 heteroatoms. The Labute approximate surface area is 290 Å². The van der Waals surface area contributed by atoms with Gasteiger partial charge in [0.05, 0.1) is 40.6 Å². The van der Waals surface area contributed by atoms with E-state index in [1.807, 2.05) is 61.5 Å². The molecular formula is C38H52N2O9. The van der Waals surface area contributed by atoms with Gasteiger partial charge in [-0.05, 0) is 61.9 Å². The summed E-state index contributed by atoms with van der Waals surface area (Å²) in [6.07, 6.45) is 3.87. The number of nitrogens with one attached hydrogen (secondary N) is 1. The normalized spacial score (nSPS) is 21.8. The first-order chi connectivity index (χ1) is 23.8. The molecule has 1 fully saturated rings. The number of ether oxygens (including phenoxy) is 6. The molecule has 4 atom stereocenters. The number of hydrogen-bond acceptors (Lipinski definition) is 9. The van der Waals surface area contributed by atoms with E-state index >= 15 is 0 Å². The van der Waals surface area contributed by atoms with Crippen molar-refractivity contribution in [1.82, 2.24) is 10.2 Å². The standard InChI is InChI=1S/C38H52N2O9/c1-6-7-19-47-20-11-17-39-35(41)22-30-24-38(37(43)46-5)27(2)49-31(26-48-25-29-12-9-8-10-13-29)23-34(38)40(36(30)42)18-16-28-14-15-32(44-3)33(21-28)45-4/h8-10,12-15,21,23,27,30-31H,6-7,11,16-20,22,24-26H2,1-5H3,(H,39,41)/t27-,30+,31-,38+/m1/s1. The number of carbonyl (C=O) groups excluding carboxylic acids is 3. The van der Waals surface area contributed by atoms with Crippen LogP contribution in [0.25, 0.3) is 0 Å². The SMILES string of the molecule is CCCCOCCCNC(=O)C[C@H]1C[C@@]2(C(=O)OC)C(=C[C@H](COCc3ccccc3)O[C@@H]2C)N(CCc2ccc(OC)c(OC)c2)C1=O. The molecular weight excluding hydrogens is 628 g/mol. The molecule has 0 aromatic heterocycles. The van der Waals surface area contributed by atoms with Gasteiger partial charge in [-0.3, -0.25) is 14.4 Å². The maximum absolute atomic E-state index is 14.3. The lowest BCUT2D eigenvalue weighted by Crippen LogP contribution is -2.60. The van der Waals surface area contributed by atoms with E-state index in [1.54, 1.807) is 19.1 Å². The number of carbonyl (C=O) groups is 3. The second kappa shape index (κ2) is 18.7. The molecule has 268 valence electrons. The van der Waals surface area contributed by atoms with E-state index in [1.165, 1.54) is 7.11 Å². The second-order valence-electron chi connectivity index (χ2n) is 12.5. The van der Waals surface area contributed by atoms with Gasteiger partial charge in [0.25, 0.3) is 0 Å². The molecule has 2 aliphatic heterocycles. The number of amides is 2. The van der Waals surface area contributed by atoms with Crippen molar-refractivity contribution in [1.29, 1.82) is 0 Å². The van der Waals surface area contributed by atoms with Gasteiger partial charge >= 0.3 is 5.97 Å². The van der Waals surface area contributed by atoms with E-state index in [4.69, 9.17) is 28.4 Å². The van der Waals surface area contributed by atoms with Crippen LogP contribution in [-0.2, 0) is 46.4 Å². The summed E-state index contributed by atoms with van der Waals surface area (Å²) in [5.74, 6) is -0.567. The van der Waals surface area contributed by atoms with Crippen LogP contribution in [0.1, 0.15) is 57.1 Å². The number of rotatable bonds is 19. The molecule has 2 amide bonds. The molecule has 2 aliphatic rings. The van der Waals surface area contributed by atoms with Crippen LogP contribution in [0.4, 0.5) is 0 Å². The highest BCUT2D eigenvalue weighted by atomic mass is 16.6. The molecule has 0 radical (unpaired) electrons. The van der Waals surface area contributed by atoms with Crippen LogP contribution in [0.5, 0.6) is 11.5 Å². The summed E-state index contributed by atoms with van der Waals surface area (Å²) in [5, 5.41) is 2.93. The van der Waals surface area contributed by atoms with Gasteiger partial charge in [0.2, 0.25) is 11.8 Å². The first-order valence-corrected chi connectivity index (χ1v) is 17.2. The van der Waals surface area contributed by atoms with Crippen LogP contribution in [0.2, 0.25) is 0 Å². The zero-order valence-corrected chi connectivity index (χ0v) is 29.5. The fourth-order valence-electron chi connectivity index (χ4n) is 6.57. The summed E-state index contributed by atoms with van der Waals surface area (Å²) in [5.41, 5.74) is 1.17. The maximum Gasteiger partial charge on any atom is 0.320 e. The molecule has 1 N–H and O–H groups in total. The lowest BCUT2D eigenvalue weighted by atomic mass is 9.66. The number of esters is 1. The summed E-state index contributed by atoms with van der Waals surface area (Å²) in [6, 6.07) is 15.4. The minimum Gasteiger partial charge on any atom is -0.493 e. The van der Waals surface area contributed by atoms with Gasteiger partial charge in [-0.25, -0.2) is 0 Å². The third-order valence-corrected chi connectivity index (χ3v) is 9.23. The molecule has 2 aromatic carbocycles. The fourth-order valence-corrected chi connectivity index (χ4v) is 6.57. The van der Waals surface area contributed by atoms with Gasteiger partial charge in [0, 0.05) is 44.3 Å². The number of fused-ring (bicyclic) bond motifs is 1. The van der Waals surface area contributed by atoms with E-state index in [9.17, 15) is 14.4 Å². The first-order valence-electron chi connectivity index (χ1n) is 17.2. The Kier molecular flexibility index (Phi) is 14.5. The molecule has 49 heavy (non-hydrogen) atoms. The summed E-state index contributed by atoms with van der Waals surface area (Å²) in [4.78, 5) is 42.9. The number of unbranched alkanes of at least 4 members (excludes halogenated alkanes) is 1. The average molecular weight is 681 g/mol. The Morgan fingerprint density at radius 1 is 0.980 bits per heavy atom. The van der Waals surface area contributed by atoms with Crippen LogP contribution < -0.4 is 14.8 Å². The van der Waals surface area contributed by atoms with Crippen molar-refractivity contribution in [2.24, 2.45) is 11.3 Å². The van der Waals surface area contributed by atoms with E-state index in [2.05, 4.69) is 12.2 Å². The minimum absolute atomic E-state index is 0.0647. The number of benzene rings is 2. The quantitative estimate of drug-likeness (QED) is 0.164. The molecule has 11 nitrogen and oxygen atoms in total. The predicted octanol–water partition coefficient (Wildman–Crippen LogP) is 4.86. The van der Waals surface area contributed by atoms with Crippen molar-refractivity contribution in [3.63, 3.8) is 0 Å². The van der Waals surface area contributed by atoms with E-state index in [-0.39, 0.29) is 37.8 Å². The van der Waals surface area contributed by atoms with Crippen LogP contribution in [0.3, 0.4) is 0 Å². The Hall–Kier alpha value is -3.93. The molecule has 0 aliphatic carbocycles. The van der Waals surface area contributed by atoms with Gasteiger partial charge in [-0.1, -0.05) is 49.7 Å². The smallest absolute Gasteiger partial charge is 0.320 e. The van der Waals surface area contributed by atoms with Gasteiger partial charge in [-0.15, -0.1) is 0 Å². The van der Waals surface area contributed by atoms with Gasteiger partial charge < -0.3 is 38.6 Å². The topological polar surface area (TPSA) is 122 Å². The monoisotopic (exact) mass is 680 g/mol. The molecule has 0 unspecified atom stereocenters. The highest BCUT2D eigenvalue weighted by molar-refractivity contribution is 5.92. The van der Waals surface area contributed by atoms with Gasteiger partial charge in [0.1, 0.15) is 11.5 Å². The van der Waals surface area contributed by atoms with Gasteiger partial charge in [-0.2, -0.15) is 0 Å². The summed E-state index contributed by atoms with van der Waals surface area (Å²) >= 11 is 0.